The summed E-state index contributed by atoms with van der Waals surface area (Å²) in [5.74, 6) is 0.328. The van der Waals surface area contributed by atoms with Gasteiger partial charge in [-0.3, -0.25) is 13.9 Å². The Balaban J connectivity index is 2.30. The van der Waals surface area contributed by atoms with E-state index in [0.29, 0.717) is 11.6 Å². The molecule has 0 N–H and O–H groups in total. The Morgan fingerprint density at radius 1 is 0.923 bits per heavy atom. The van der Waals surface area contributed by atoms with Crippen molar-refractivity contribution in [2.45, 2.75) is 17.7 Å². The predicted octanol–water partition coefficient (Wildman–Crippen LogP) is 4.02. The zero-order valence-electron chi connectivity index (χ0n) is 14.9. The summed E-state index contributed by atoms with van der Waals surface area (Å²) in [7, 11) is 0. The van der Waals surface area contributed by atoms with Crippen LogP contribution in [0, 0.1) is 6.92 Å². The van der Waals surface area contributed by atoms with Crippen LogP contribution in [0.25, 0.3) is 16.9 Å². The van der Waals surface area contributed by atoms with E-state index in [1.165, 1.54) is 16.3 Å². The highest BCUT2D eigenvalue weighted by Gasteiger charge is 2.14. The average molecular weight is 385 g/mol. The number of rotatable bonds is 5. The van der Waals surface area contributed by atoms with Gasteiger partial charge in [-0.15, -0.1) is 23.5 Å². The molecule has 0 saturated heterocycles. The highest BCUT2D eigenvalue weighted by Crippen LogP contribution is 2.22. The van der Waals surface area contributed by atoms with E-state index >= 15 is 0 Å². The normalized spacial score (nSPS) is 10.9. The van der Waals surface area contributed by atoms with Crippen LogP contribution in [-0.4, -0.2) is 21.6 Å². The van der Waals surface area contributed by atoms with Crippen molar-refractivity contribution < 1.29 is 0 Å². The van der Waals surface area contributed by atoms with E-state index in [1.54, 1.807) is 22.4 Å². The molecule has 0 aliphatic carbocycles. The summed E-state index contributed by atoms with van der Waals surface area (Å²) in [5.41, 5.74) is 2.72. The molecule has 6 heteroatoms. The van der Waals surface area contributed by atoms with Crippen LogP contribution in [0.15, 0.2) is 69.1 Å². The van der Waals surface area contributed by atoms with E-state index < -0.39 is 0 Å². The van der Waals surface area contributed by atoms with E-state index in [4.69, 9.17) is 0 Å². The Labute approximate surface area is 160 Å². The Morgan fingerprint density at radius 2 is 1.58 bits per heavy atom. The molecule has 0 spiro atoms. The zero-order valence-corrected chi connectivity index (χ0v) is 16.6. The summed E-state index contributed by atoms with van der Waals surface area (Å²) < 4.78 is 2.89. The van der Waals surface area contributed by atoms with Crippen LogP contribution in [0.3, 0.4) is 0 Å². The standard InChI is InChI=1S/C20H20N2O2S2/c1-14-4-6-15(7-5-14)18-12-19(23)21(13-25-2)20(24)22(18)16-8-10-17(26-3)11-9-16/h4-12H,13H2,1-3H3. The summed E-state index contributed by atoms with van der Waals surface area (Å²) in [6.07, 6.45) is 3.88. The van der Waals surface area contributed by atoms with E-state index in [9.17, 15) is 9.59 Å². The number of aryl methyl sites for hydroxylation is 1. The maximum Gasteiger partial charge on any atom is 0.336 e. The number of thioether (sulfide) groups is 2. The van der Waals surface area contributed by atoms with Crippen LogP contribution in [-0.2, 0) is 5.88 Å². The highest BCUT2D eigenvalue weighted by molar-refractivity contribution is 7.98. The average Bonchev–Trinajstić information content (AvgIpc) is 2.65. The fourth-order valence-corrected chi connectivity index (χ4v) is 3.65. The summed E-state index contributed by atoms with van der Waals surface area (Å²) in [6, 6.07) is 17.2. The van der Waals surface area contributed by atoms with Crippen molar-refractivity contribution in [3.63, 3.8) is 0 Å². The van der Waals surface area contributed by atoms with Crippen molar-refractivity contribution >= 4 is 23.5 Å². The van der Waals surface area contributed by atoms with Crippen LogP contribution in [0.5, 0.6) is 0 Å². The zero-order chi connectivity index (χ0) is 18.7. The van der Waals surface area contributed by atoms with Crippen LogP contribution in [0.4, 0.5) is 0 Å². The van der Waals surface area contributed by atoms with Gasteiger partial charge in [0.15, 0.2) is 0 Å². The molecular weight excluding hydrogens is 364 g/mol. The second-order valence-corrected chi connectivity index (χ2v) is 7.61. The van der Waals surface area contributed by atoms with Crippen LogP contribution >= 0.6 is 23.5 Å². The first-order chi connectivity index (χ1) is 12.5. The molecule has 0 radical (unpaired) electrons. The fourth-order valence-electron chi connectivity index (χ4n) is 2.74. The van der Waals surface area contributed by atoms with Crippen molar-refractivity contribution in [2.75, 3.05) is 12.5 Å². The number of hydrogen-bond acceptors (Lipinski definition) is 4. The van der Waals surface area contributed by atoms with Gasteiger partial charge in [-0.25, -0.2) is 4.79 Å². The van der Waals surface area contributed by atoms with Gasteiger partial charge in [0.05, 0.1) is 17.3 Å². The van der Waals surface area contributed by atoms with Crippen molar-refractivity contribution in [1.82, 2.24) is 9.13 Å². The number of aromatic nitrogens is 2. The highest BCUT2D eigenvalue weighted by atomic mass is 32.2. The van der Waals surface area contributed by atoms with Gasteiger partial charge in [-0.2, -0.15) is 0 Å². The van der Waals surface area contributed by atoms with E-state index in [1.807, 2.05) is 68.0 Å². The van der Waals surface area contributed by atoms with Gasteiger partial charge in [0.2, 0.25) is 0 Å². The molecule has 4 nitrogen and oxygen atoms in total. The molecule has 134 valence electrons. The van der Waals surface area contributed by atoms with Gasteiger partial charge in [0, 0.05) is 11.0 Å². The Bertz CT molecular complexity index is 1020. The molecule has 1 aromatic heterocycles. The van der Waals surface area contributed by atoms with Crippen LogP contribution in [0.1, 0.15) is 5.56 Å². The Kier molecular flexibility index (Phi) is 5.74. The third-order valence-corrected chi connectivity index (χ3v) is 5.39. The third-order valence-electron chi connectivity index (χ3n) is 4.13. The lowest BCUT2D eigenvalue weighted by Gasteiger charge is -2.16. The smallest absolute Gasteiger partial charge is 0.269 e. The monoisotopic (exact) mass is 384 g/mol. The fraction of sp³-hybridized carbons (Fsp3) is 0.200. The largest absolute Gasteiger partial charge is 0.336 e. The molecule has 1 heterocycles. The van der Waals surface area contributed by atoms with Gasteiger partial charge >= 0.3 is 5.69 Å². The van der Waals surface area contributed by atoms with Crippen molar-refractivity contribution in [1.29, 1.82) is 0 Å². The molecule has 0 aliphatic heterocycles. The van der Waals surface area contributed by atoms with Crippen molar-refractivity contribution in [3.8, 4) is 16.9 Å². The van der Waals surface area contributed by atoms with Crippen molar-refractivity contribution in [3.05, 3.63) is 81.0 Å². The first kappa shape index (κ1) is 18.6. The summed E-state index contributed by atoms with van der Waals surface area (Å²) in [5, 5.41) is 0. The van der Waals surface area contributed by atoms with E-state index in [2.05, 4.69) is 0 Å². The molecule has 0 unspecified atom stereocenters. The second kappa shape index (κ2) is 8.01. The third kappa shape index (κ3) is 3.66. The minimum absolute atomic E-state index is 0.281. The van der Waals surface area contributed by atoms with Gasteiger partial charge < -0.3 is 0 Å². The number of nitrogens with zero attached hydrogens (tertiary/aromatic N) is 2. The van der Waals surface area contributed by atoms with E-state index in [-0.39, 0.29) is 11.2 Å². The molecule has 0 aliphatic rings. The molecular formula is C20H20N2O2S2. The summed E-state index contributed by atoms with van der Waals surface area (Å²) in [4.78, 5) is 26.7. The molecule has 0 saturated carbocycles. The van der Waals surface area contributed by atoms with Crippen molar-refractivity contribution in [2.24, 2.45) is 0 Å². The lowest BCUT2D eigenvalue weighted by atomic mass is 10.1. The Hall–Kier alpha value is -2.18. The molecule has 2 aromatic carbocycles. The first-order valence-electron chi connectivity index (χ1n) is 8.12. The number of hydrogen-bond donors (Lipinski definition) is 0. The van der Waals surface area contributed by atoms with Crippen LogP contribution in [0.2, 0.25) is 0 Å². The quantitative estimate of drug-likeness (QED) is 0.623. The lowest BCUT2D eigenvalue weighted by Crippen LogP contribution is -2.39. The Morgan fingerprint density at radius 3 is 2.15 bits per heavy atom. The van der Waals surface area contributed by atoms with Gasteiger partial charge in [-0.1, -0.05) is 29.8 Å². The molecule has 3 rings (SSSR count). The van der Waals surface area contributed by atoms with E-state index in [0.717, 1.165) is 21.7 Å². The minimum atomic E-state index is -0.320. The molecule has 26 heavy (non-hydrogen) atoms. The SMILES string of the molecule is CSCn1c(=O)cc(-c2ccc(C)cc2)n(-c2ccc(SC)cc2)c1=O. The minimum Gasteiger partial charge on any atom is -0.269 e. The van der Waals surface area contributed by atoms with Gasteiger partial charge in [-0.05, 0) is 49.3 Å². The topological polar surface area (TPSA) is 44.0 Å². The summed E-state index contributed by atoms with van der Waals surface area (Å²) in [6.45, 7) is 2.01. The second-order valence-electron chi connectivity index (χ2n) is 5.90. The maximum absolute atomic E-state index is 13.1. The summed E-state index contributed by atoms with van der Waals surface area (Å²) >= 11 is 3.09. The predicted molar refractivity (Wildman–Crippen MR) is 112 cm³/mol. The lowest BCUT2D eigenvalue weighted by molar-refractivity contribution is 0.721. The van der Waals surface area contributed by atoms with Gasteiger partial charge in [0.1, 0.15) is 0 Å². The first-order valence-corrected chi connectivity index (χ1v) is 10.7. The molecule has 3 aromatic rings. The molecule has 0 fully saturated rings. The molecule has 0 amide bonds. The number of benzene rings is 2. The van der Waals surface area contributed by atoms with Gasteiger partial charge in [0.25, 0.3) is 5.56 Å². The molecule has 0 bridgehead atoms. The van der Waals surface area contributed by atoms with Crippen LogP contribution < -0.4 is 11.2 Å². The maximum atomic E-state index is 13.1. The molecule has 0 atom stereocenters.